The number of rotatable bonds is 3. The van der Waals surface area contributed by atoms with Gasteiger partial charge in [-0.25, -0.2) is 0 Å². The fourth-order valence-corrected chi connectivity index (χ4v) is 1.38. The summed E-state index contributed by atoms with van der Waals surface area (Å²) in [6.07, 6.45) is 2.54. The van der Waals surface area contributed by atoms with Crippen LogP contribution in [0.1, 0.15) is 23.6 Å². The second-order valence-corrected chi connectivity index (χ2v) is 2.99. The summed E-state index contributed by atoms with van der Waals surface area (Å²) < 4.78 is 0. The second-order valence-electron chi connectivity index (χ2n) is 2.99. The van der Waals surface area contributed by atoms with Gasteiger partial charge >= 0.3 is 0 Å². The molecule has 0 bridgehead atoms. The first-order valence-electron chi connectivity index (χ1n) is 4.30. The molecule has 1 heteroatoms. The Hall–Kier alpha value is -1.11. The lowest BCUT2D eigenvalue weighted by molar-refractivity contribution is -0.107. The SMILES string of the molecule is CCc1ccc(CC=O)cc1C. The normalized spacial score (nSPS) is 9.83. The van der Waals surface area contributed by atoms with E-state index in [0.29, 0.717) is 6.42 Å². The predicted octanol–water partition coefficient (Wildman–Crippen LogP) is 2.30. The largest absolute Gasteiger partial charge is 0.303 e. The quantitative estimate of drug-likeness (QED) is 0.623. The van der Waals surface area contributed by atoms with Crippen LogP contribution in [-0.2, 0) is 17.6 Å². The van der Waals surface area contributed by atoms with E-state index in [4.69, 9.17) is 0 Å². The van der Waals surface area contributed by atoms with Gasteiger partial charge in [-0.15, -0.1) is 0 Å². The van der Waals surface area contributed by atoms with Crippen LogP contribution in [0.2, 0.25) is 0 Å². The van der Waals surface area contributed by atoms with Crippen LogP contribution in [0.25, 0.3) is 0 Å². The molecule has 0 atom stereocenters. The molecule has 0 aliphatic carbocycles. The van der Waals surface area contributed by atoms with Crippen molar-refractivity contribution in [1.82, 2.24) is 0 Å². The number of aldehydes is 1. The van der Waals surface area contributed by atoms with E-state index in [1.54, 1.807) is 0 Å². The van der Waals surface area contributed by atoms with Gasteiger partial charge in [-0.2, -0.15) is 0 Å². The molecule has 1 aromatic carbocycles. The average Bonchev–Trinajstić information content (AvgIpc) is 2.05. The van der Waals surface area contributed by atoms with Crippen molar-refractivity contribution in [2.45, 2.75) is 26.7 Å². The number of aryl methyl sites for hydroxylation is 2. The highest BCUT2D eigenvalue weighted by molar-refractivity contribution is 5.55. The van der Waals surface area contributed by atoms with E-state index in [2.05, 4.69) is 26.0 Å². The monoisotopic (exact) mass is 162 g/mol. The third-order valence-corrected chi connectivity index (χ3v) is 2.11. The van der Waals surface area contributed by atoms with E-state index in [1.807, 2.05) is 6.07 Å². The van der Waals surface area contributed by atoms with Gasteiger partial charge in [-0.05, 0) is 30.0 Å². The summed E-state index contributed by atoms with van der Waals surface area (Å²) in [7, 11) is 0. The lowest BCUT2D eigenvalue weighted by Gasteiger charge is -2.03. The van der Waals surface area contributed by atoms with Crippen LogP contribution in [0, 0.1) is 6.92 Å². The maximum absolute atomic E-state index is 10.2. The highest BCUT2D eigenvalue weighted by atomic mass is 16.1. The van der Waals surface area contributed by atoms with Crippen LogP contribution in [0.5, 0.6) is 0 Å². The van der Waals surface area contributed by atoms with Gasteiger partial charge < -0.3 is 4.79 Å². The molecule has 0 spiro atoms. The first-order chi connectivity index (χ1) is 5.77. The standard InChI is InChI=1S/C11H14O/c1-3-11-5-4-10(6-7-12)8-9(11)2/h4-5,7-8H,3,6H2,1-2H3. The van der Waals surface area contributed by atoms with Crippen molar-refractivity contribution in [3.8, 4) is 0 Å². The molecule has 0 saturated heterocycles. The molecule has 0 aliphatic rings. The second kappa shape index (κ2) is 4.05. The van der Waals surface area contributed by atoms with Gasteiger partial charge in [0, 0.05) is 6.42 Å². The van der Waals surface area contributed by atoms with Gasteiger partial charge in [0.2, 0.25) is 0 Å². The Morgan fingerprint density at radius 1 is 1.42 bits per heavy atom. The Bertz CT molecular complexity index is 276. The summed E-state index contributed by atoms with van der Waals surface area (Å²) in [5, 5.41) is 0. The lowest BCUT2D eigenvalue weighted by Crippen LogP contribution is -1.91. The third kappa shape index (κ3) is 1.94. The first-order valence-corrected chi connectivity index (χ1v) is 4.30. The van der Waals surface area contributed by atoms with E-state index in [1.165, 1.54) is 11.1 Å². The predicted molar refractivity (Wildman–Crippen MR) is 50.3 cm³/mol. The fraction of sp³-hybridized carbons (Fsp3) is 0.364. The van der Waals surface area contributed by atoms with Crippen LogP contribution in [-0.4, -0.2) is 6.29 Å². The number of carbonyl (C=O) groups is 1. The Balaban J connectivity index is 2.93. The van der Waals surface area contributed by atoms with Crippen molar-refractivity contribution in [2.24, 2.45) is 0 Å². The molecule has 0 aromatic heterocycles. The van der Waals surface area contributed by atoms with E-state index in [9.17, 15) is 4.79 Å². The molecule has 1 aromatic rings. The molecule has 1 nitrogen and oxygen atoms in total. The molecule has 0 saturated carbocycles. The lowest BCUT2D eigenvalue weighted by atomic mass is 10.0. The summed E-state index contributed by atoms with van der Waals surface area (Å²) >= 11 is 0. The molecule has 0 radical (unpaired) electrons. The minimum atomic E-state index is 0.533. The smallest absolute Gasteiger partial charge is 0.124 e. The third-order valence-electron chi connectivity index (χ3n) is 2.11. The van der Waals surface area contributed by atoms with Crippen molar-refractivity contribution in [3.05, 3.63) is 34.9 Å². The van der Waals surface area contributed by atoms with Gasteiger partial charge in [0.15, 0.2) is 0 Å². The van der Waals surface area contributed by atoms with Crippen LogP contribution in [0.15, 0.2) is 18.2 Å². The summed E-state index contributed by atoms with van der Waals surface area (Å²) in [6, 6.07) is 6.22. The Kier molecular flexibility index (Phi) is 3.03. The highest BCUT2D eigenvalue weighted by Gasteiger charge is 1.96. The molecule has 64 valence electrons. The highest BCUT2D eigenvalue weighted by Crippen LogP contribution is 2.11. The zero-order valence-corrected chi connectivity index (χ0v) is 7.63. The molecule has 12 heavy (non-hydrogen) atoms. The number of carbonyl (C=O) groups excluding carboxylic acids is 1. The molecule has 0 unspecified atom stereocenters. The van der Waals surface area contributed by atoms with Crippen LogP contribution in [0.4, 0.5) is 0 Å². The van der Waals surface area contributed by atoms with Gasteiger partial charge in [-0.3, -0.25) is 0 Å². The number of hydrogen-bond acceptors (Lipinski definition) is 1. The van der Waals surface area contributed by atoms with Gasteiger partial charge in [0.05, 0.1) is 0 Å². The molecular weight excluding hydrogens is 148 g/mol. The minimum Gasteiger partial charge on any atom is -0.303 e. The average molecular weight is 162 g/mol. The molecule has 0 N–H and O–H groups in total. The zero-order chi connectivity index (χ0) is 8.97. The molecule has 0 heterocycles. The van der Waals surface area contributed by atoms with Gasteiger partial charge in [-0.1, -0.05) is 25.1 Å². The summed E-state index contributed by atoms with van der Waals surface area (Å²) in [4.78, 5) is 10.2. The van der Waals surface area contributed by atoms with E-state index in [-0.39, 0.29) is 0 Å². The van der Waals surface area contributed by atoms with E-state index < -0.39 is 0 Å². The van der Waals surface area contributed by atoms with Crippen LogP contribution < -0.4 is 0 Å². The van der Waals surface area contributed by atoms with Crippen LogP contribution >= 0.6 is 0 Å². The molecule has 0 amide bonds. The Labute approximate surface area is 73.4 Å². The van der Waals surface area contributed by atoms with Gasteiger partial charge in [0.25, 0.3) is 0 Å². The van der Waals surface area contributed by atoms with Crippen molar-refractivity contribution >= 4 is 6.29 Å². The van der Waals surface area contributed by atoms with Gasteiger partial charge in [0.1, 0.15) is 6.29 Å². The topological polar surface area (TPSA) is 17.1 Å². The van der Waals surface area contributed by atoms with Crippen LogP contribution in [0.3, 0.4) is 0 Å². The molecule has 0 aliphatic heterocycles. The Morgan fingerprint density at radius 2 is 2.17 bits per heavy atom. The Morgan fingerprint density at radius 3 is 2.67 bits per heavy atom. The van der Waals surface area contributed by atoms with E-state index in [0.717, 1.165) is 18.3 Å². The summed E-state index contributed by atoms with van der Waals surface area (Å²) in [6.45, 7) is 4.23. The number of benzene rings is 1. The first kappa shape index (κ1) is 8.98. The minimum absolute atomic E-state index is 0.533. The van der Waals surface area contributed by atoms with Crippen molar-refractivity contribution in [1.29, 1.82) is 0 Å². The summed E-state index contributed by atoms with van der Waals surface area (Å²) in [5.41, 5.74) is 3.76. The molecular formula is C11H14O. The zero-order valence-electron chi connectivity index (χ0n) is 7.63. The maximum Gasteiger partial charge on any atom is 0.124 e. The number of hydrogen-bond donors (Lipinski definition) is 0. The summed E-state index contributed by atoms with van der Waals surface area (Å²) in [5.74, 6) is 0. The molecule has 1 rings (SSSR count). The van der Waals surface area contributed by atoms with Crippen molar-refractivity contribution in [3.63, 3.8) is 0 Å². The fourth-order valence-electron chi connectivity index (χ4n) is 1.38. The molecule has 0 fully saturated rings. The maximum atomic E-state index is 10.2. The van der Waals surface area contributed by atoms with Crippen molar-refractivity contribution in [2.75, 3.05) is 0 Å². The van der Waals surface area contributed by atoms with E-state index >= 15 is 0 Å². The van der Waals surface area contributed by atoms with Crippen molar-refractivity contribution < 1.29 is 4.79 Å².